The molecule has 0 bridgehead atoms. The number of phenolic OH excluding ortho intramolecular Hbond substituents is 1. The topological polar surface area (TPSA) is 66.3 Å². The largest absolute Gasteiger partial charge is 0.508 e. The van der Waals surface area contributed by atoms with E-state index >= 15 is 0 Å². The van der Waals surface area contributed by atoms with E-state index in [4.69, 9.17) is 0 Å². The number of para-hydroxylation sites is 1. The molecule has 0 radical (unpaired) electrons. The van der Waals surface area contributed by atoms with Crippen LogP contribution in [-0.2, 0) is 6.54 Å². The highest BCUT2D eigenvalue weighted by Gasteiger charge is 2.14. The second kappa shape index (κ2) is 5.48. The van der Waals surface area contributed by atoms with Crippen molar-refractivity contribution in [2.24, 2.45) is 0 Å². The molecule has 0 atom stereocenters. The Morgan fingerprint density at radius 3 is 2.63 bits per heavy atom. The molecule has 0 aliphatic carbocycles. The lowest BCUT2D eigenvalue weighted by Crippen LogP contribution is -2.27. The molecule has 1 heterocycles. The second-order valence-electron chi connectivity index (χ2n) is 4.33. The SMILES string of the molecule is Cc1cnc(C(=O)N(C)Cc2ccccc2O)cn1. The van der Waals surface area contributed by atoms with Crippen LogP contribution in [0.15, 0.2) is 36.7 Å². The molecule has 5 nitrogen and oxygen atoms in total. The fourth-order valence-corrected chi connectivity index (χ4v) is 1.67. The van der Waals surface area contributed by atoms with Crippen molar-refractivity contribution in [2.75, 3.05) is 7.05 Å². The van der Waals surface area contributed by atoms with Crippen LogP contribution >= 0.6 is 0 Å². The maximum absolute atomic E-state index is 12.1. The monoisotopic (exact) mass is 257 g/mol. The standard InChI is InChI=1S/C14H15N3O2/c1-10-7-16-12(8-15-10)14(19)17(2)9-11-5-3-4-6-13(11)18/h3-8,18H,9H2,1-2H3. The minimum absolute atomic E-state index is 0.178. The number of carbonyl (C=O) groups is 1. The van der Waals surface area contributed by atoms with Crippen LogP contribution < -0.4 is 0 Å². The number of hydrogen-bond acceptors (Lipinski definition) is 4. The molecule has 0 saturated carbocycles. The summed E-state index contributed by atoms with van der Waals surface area (Å²) < 4.78 is 0. The van der Waals surface area contributed by atoms with Crippen LogP contribution in [0.4, 0.5) is 0 Å². The van der Waals surface area contributed by atoms with Crippen LogP contribution in [0, 0.1) is 6.92 Å². The van der Waals surface area contributed by atoms with Gasteiger partial charge in [-0.15, -0.1) is 0 Å². The number of amides is 1. The van der Waals surface area contributed by atoms with Crippen molar-refractivity contribution in [3.63, 3.8) is 0 Å². The second-order valence-corrected chi connectivity index (χ2v) is 4.33. The molecule has 1 aromatic carbocycles. The maximum Gasteiger partial charge on any atom is 0.274 e. The zero-order valence-corrected chi connectivity index (χ0v) is 10.9. The number of benzene rings is 1. The third kappa shape index (κ3) is 3.07. The van der Waals surface area contributed by atoms with E-state index in [2.05, 4.69) is 9.97 Å². The quantitative estimate of drug-likeness (QED) is 0.910. The Morgan fingerprint density at radius 1 is 1.26 bits per heavy atom. The van der Waals surface area contributed by atoms with Gasteiger partial charge in [0.15, 0.2) is 0 Å². The van der Waals surface area contributed by atoms with Gasteiger partial charge in [0.1, 0.15) is 11.4 Å². The normalized spacial score (nSPS) is 10.2. The van der Waals surface area contributed by atoms with E-state index in [9.17, 15) is 9.90 Å². The molecular formula is C14H15N3O2. The van der Waals surface area contributed by atoms with E-state index in [0.29, 0.717) is 17.8 Å². The van der Waals surface area contributed by atoms with Crippen molar-refractivity contribution in [3.05, 3.63) is 53.6 Å². The summed E-state index contributed by atoms with van der Waals surface area (Å²) in [6.45, 7) is 2.13. The van der Waals surface area contributed by atoms with Crippen molar-refractivity contribution in [1.82, 2.24) is 14.9 Å². The summed E-state index contributed by atoms with van der Waals surface area (Å²) in [6, 6.07) is 6.93. The molecule has 0 aliphatic heterocycles. The number of aromatic hydroxyl groups is 1. The van der Waals surface area contributed by atoms with Crippen LogP contribution in [0.2, 0.25) is 0 Å². The number of rotatable bonds is 3. The van der Waals surface area contributed by atoms with E-state index in [1.807, 2.05) is 13.0 Å². The lowest BCUT2D eigenvalue weighted by molar-refractivity contribution is 0.0778. The van der Waals surface area contributed by atoms with Crippen LogP contribution in [0.1, 0.15) is 21.7 Å². The Labute approximate surface area is 111 Å². The molecule has 0 spiro atoms. The minimum atomic E-state index is -0.226. The number of hydrogen-bond donors (Lipinski definition) is 1. The van der Waals surface area contributed by atoms with E-state index in [1.54, 1.807) is 31.4 Å². The molecule has 1 aromatic heterocycles. The molecular weight excluding hydrogens is 242 g/mol. The van der Waals surface area contributed by atoms with Crippen molar-refractivity contribution in [1.29, 1.82) is 0 Å². The number of nitrogens with zero attached hydrogens (tertiary/aromatic N) is 3. The zero-order valence-electron chi connectivity index (χ0n) is 10.9. The maximum atomic E-state index is 12.1. The Hall–Kier alpha value is -2.43. The van der Waals surface area contributed by atoms with Gasteiger partial charge in [0.25, 0.3) is 5.91 Å². The van der Waals surface area contributed by atoms with Gasteiger partial charge in [0.05, 0.1) is 11.9 Å². The van der Waals surface area contributed by atoms with Crippen LogP contribution in [0.25, 0.3) is 0 Å². The molecule has 1 N–H and O–H groups in total. The molecule has 0 aliphatic rings. The molecule has 1 amide bonds. The van der Waals surface area contributed by atoms with Crippen molar-refractivity contribution >= 4 is 5.91 Å². The van der Waals surface area contributed by atoms with Crippen molar-refractivity contribution in [2.45, 2.75) is 13.5 Å². The Balaban J connectivity index is 2.12. The first-order valence-corrected chi connectivity index (χ1v) is 5.89. The molecule has 0 fully saturated rings. The number of aryl methyl sites for hydroxylation is 1. The van der Waals surface area contributed by atoms with Gasteiger partial charge in [-0.05, 0) is 13.0 Å². The zero-order chi connectivity index (χ0) is 13.8. The number of aromatic nitrogens is 2. The predicted molar refractivity (Wildman–Crippen MR) is 70.7 cm³/mol. The van der Waals surface area contributed by atoms with Gasteiger partial charge in [0.2, 0.25) is 0 Å². The van der Waals surface area contributed by atoms with Gasteiger partial charge in [0, 0.05) is 25.4 Å². The fourth-order valence-electron chi connectivity index (χ4n) is 1.67. The highest BCUT2D eigenvalue weighted by atomic mass is 16.3. The van der Waals surface area contributed by atoms with E-state index in [-0.39, 0.29) is 11.7 Å². The summed E-state index contributed by atoms with van der Waals surface area (Å²) in [5.41, 5.74) is 1.75. The highest BCUT2D eigenvalue weighted by molar-refractivity contribution is 5.91. The van der Waals surface area contributed by atoms with Crippen LogP contribution in [0.3, 0.4) is 0 Å². The fraction of sp³-hybridized carbons (Fsp3) is 0.214. The third-order valence-corrected chi connectivity index (χ3v) is 2.75. The first-order chi connectivity index (χ1) is 9.08. The summed E-state index contributed by atoms with van der Waals surface area (Å²) in [6.07, 6.45) is 3.01. The van der Waals surface area contributed by atoms with Gasteiger partial charge in [-0.1, -0.05) is 18.2 Å². The molecule has 2 rings (SSSR count). The summed E-state index contributed by atoms with van der Waals surface area (Å²) in [4.78, 5) is 21.7. The van der Waals surface area contributed by atoms with E-state index in [0.717, 1.165) is 5.69 Å². The number of carbonyl (C=O) groups excluding carboxylic acids is 1. The Morgan fingerprint density at radius 2 is 2.00 bits per heavy atom. The van der Waals surface area contributed by atoms with Gasteiger partial charge < -0.3 is 10.0 Å². The van der Waals surface area contributed by atoms with E-state index in [1.165, 1.54) is 11.1 Å². The average Bonchev–Trinajstić information content (AvgIpc) is 2.41. The van der Waals surface area contributed by atoms with Gasteiger partial charge in [-0.25, -0.2) is 4.98 Å². The molecule has 19 heavy (non-hydrogen) atoms. The lowest BCUT2D eigenvalue weighted by atomic mass is 10.2. The molecule has 0 saturated heterocycles. The predicted octanol–water partition coefficient (Wildman–Crippen LogP) is 1.76. The van der Waals surface area contributed by atoms with Gasteiger partial charge in [-0.2, -0.15) is 0 Å². The average molecular weight is 257 g/mol. The number of phenols is 1. The Bertz CT molecular complexity index is 581. The minimum Gasteiger partial charge on any atom is -0.508 e. The molecule has 0 unspecified atom stereocenters. The third-order valence-electron chi connectivity index (χ3n) is 2.75. The summed E-state index contributed by atoms with van der Waals surface area (Å²) in [5.74, 6) is -0.0482. The van der Waals surface area contributed by atoms with Crippen molar-refractivity contribution < 1.29 is 9.90 Å². The van der Waals surface area contributed by atoms with Gasteiger partial charge >= 0.3 is 0 Å². The highest BCUT2D eigenvalue weighted by Crippen LogP contribution is 2.17. The smallest absolute Gasteiger partial charge is 0.274 e. The van der Waals surface area contributed by atoms with Crippen molar-refractivity contribution in [3.8, 4) is 5.75 Å². The molecule has 2 aromatic rings. The van der Waals surface area contributed by atoms with Gasteiger partial charge in [-0.3, -0.25) is 9.78 Å². The van der Waals surface area contributed by atoms with Crippen LogP contribution in [-0.4, -0.2) is 32.9 Å². The summed E-state index contributed by atoms with van der Waals surface area (Å²) in [7, 11) is 1.66. The Kier molecular flexibility index (Phi) is 3.75. The molecule has 5 heteroatoms. The first kappa shape index (κ1) is 13.0. The lowest BCUT2D eigenvalue weighted by Gasteiger charge is -2.17. The first-order valence-electron chi connectivity index (χ1n) is 5.89. The molecule has 98 valence electrons. The summed E-state index contributed by atoms with van der Waals surface area (Å²) >= 11 is 0. The van der Waals surface area contributed by atoms with Crippen LogP contribution in [0.5, 0.6) is 5.75 Å². The summed E-state index contributed by atoms with van der Waals surface area (Å²) in [5, 5.41) is 9.68. The van der Waals surface area contributed by atoms with E-state index < -0.39 is 0 Å².